The fourth-order valence-corrected chi connectivity index (χ4v) is 1.84. The summed E-state index contributed by atoms with van der Waals surface area (Å²) in [5.74, 6) is 0. The van der Waals surface area contributed by atoms with Crippen molar-refractivity contribution in [1.29, 1.82) is 5.26 Å². The second-order valence-corrected chi connectivity index (χ2v) is 6.46. The molecule has 0 fully saturated rings. The molecule has 86 valence electrons. The van der Waals surface area contributed by atoms with Crippen LogP contribution in [0.2, 0.25) is 0 Å². The Bertz CT molecular complexity index is 410. The molecule has 0 aromatic heterocycles. The van der Waals surface area contributed by atoms with E-state index < -0.39 is 0 Å². The first-order valence-corrected chi connectivity index (χ1v) is 6.99. The van der Waals surface area contributed by atoms with Gasteiger partial charge in [-0.3, -0.25) is 0 Å². The SMILES string of the molecule is CSC(C)(C)CNc1cccc(Br)c1C#N. The molecule has 0 saturated carbocycles. The maximum Gasteiger partial charge on any atom is 0.103 e. The molecule has 1 aromatic rings. The molecule has 1 aromatic carbocycles. The van der Waals surface area contributed by atoms with Crippen LogP contribution in [0.15, 0.2) is 22.7 Å². The number of benzene rings is 1. The van der Waals surface area contributed by atoms with Gasteiger partial charge in [-0.1, -0.05) is 6.07 Å². The van der Waals surface area contributed by atoms with Crippen LogP contribution < -0.4 is 5.32 Å². The molecule has 0 aliphatic heterocycles. The molecule has 2 nitrogen and oxygen atoms in total. The Hall–Kier alpha value is -0.660. The van der Waals surface area contributed by atoms with Crippen molar-refractivity contribution in [3.63, 3.8) is 0 Å². The number of nitrogens with one attached hydrogen (secondary N) is 1. The Morgan fingerprint density at radius 3 is 2.75 bits per heavy atom. The number of thioether (sulfide) groups is 1. The van der Waals surface area contributed by atoms with Crippen LogP contribution in [0, 0.1) is 11.3 Å². The molecule has 0 bridgehead atoms. The Kier molecular flexibility index (Phi) is 4.69. The van der Waals surface area contributed by atoms with E-state index in [1.165, 1.54) is 0 Å². The van der Waals surface area contributed by atoms with E-state index in [0.717, 1.165) is 16.7 Å². The average molecular weight is 299 g/mol. The maximum atomic E-state index is 9.06. The third kappa shape index (κ3) is 3.43. The molecule has 16 heavy (non-hydrogen) atoms. The molecule has 0 spiro atoms. The van der Waals surface area contributed by atoms with Gasteiger partial charge in [0, 0.05) is 15.8 Å². The normalized spacial score (nSPS) is 10.9. The Morgan fingerprint density at radius 2 is 2.19 bits per heavy atom. The summed E-state index contributed by atoms with van der Waals surface area (Å²) in [6.07, 6.45) is 2.09. The average Bonchev–Trinajstić information content (AvgIpc) is 2.26. The fraction of sp³-hybridized carbons (Fsp3) is 0.417. The molecular weight excluding hydrogens is 284 g/mol. The summed E-state index contributed by atoms with van der Waals surface area (Å²) in [6.45, 7) is 5.18. The van der Waals surface area contributed by atoms with E-state index in [9.17, 15) is 0 Å². The van der Waals surface area contributed by atoms with Crippen molar-refractivity contribution < 1.29 is 0 Å². The van der Waals surface area contributed by atoms with Crippen LogP contribution in [-0.2, 0) is 0 Å². The lowest BCUT2D eigenvalue weighted by atomic mass is 10.1. The van der Waals surface area contributed by atoms with Gasteiger partial charge in [0.05, 0.1) is 11.3 Å². The summed E-state index contributed by atoms with van der Waals surface area (Å²) in [6, 6.07) is 7.94. The van der Waals surface area contributed by atoms with Crippen LogP contribution >= 0.6 is 27.7 Å². The number of nitrogens with zero attached hydrogens (tertiary/aromatic N) is 1. The van der Waals surface area contributed by atoms with Gasteiger partial charge in [-0.25, -0.2) is 0 Å². The summed E-state index contributed by atoms with van der Waals surface area (Å²) in [4.78, 5) is 0. The van der Waals surface area contributed by atoms with Gasteiger partial charge >= 0.3 is 0 Å². The molecule has 0 heterocycles. The summed E-state index contributed by atoms with van der Waals surface area (Å²) in [5, 5.41) is 12.4. The highest BCUT2D eigenvalue weighted by Crippen LogP contribution is 2.26. The van der Waals surface area contributed by atoms with Crippen molar-refractivity contribution in [1.82, 2.24) is 0 Å². The quantitative estimate of drug-likeness (QED) is 0.916. The number of hydrogen-bond acceptors (Lipinski definition) is 3. The first-order chi connectivity index (χ1) is 7.50. The highest BCUT2D eigenvalue weighted by Gasteiger charge is 2.16. The maximum absolute atomic E-state index is 9.06. The second-order valence-electron chi connectivity index (χ2n) is 4.09. The topological polar surface area (TPSA) is 35.8 Å². The standard InChI is InChI=1S/C12H15BrN2S/c1-12(2,16-3)8-15-11-6-4-5-10(13)9(11)7-14/h4-6,15H,8H2,1-3H3. The Morgan fingerprint density at radius 1 is 1.50 bits per heavy atom. The molecule has 1 N–H and O–H groups in total. The molecule has 1 rings (SSSR count). The van der Waals surface area contributed by atoms with Crippen LogP contribution in [0.5, 0.6) is 0 Å². The second kappa shape index (κ2) is 5.60. The molecule has 0 atom stereocenters. The van der Waals surface area contributed by atoms with Crippen molar-refractivity contribution in [2.45, 2.75) is 18.6 Å². The van der Waals surface area contributed by atoms with Crippen LogP contribution in [-0.4, -0.2) is 17.5 Å². The fourth-order valence-electron chi connectivity index (χ4n) is 1.17. The summed E-state index contributed by atoms with van der Waals surface area (Å²) in [5.41, 5.74) is 1.55. The zero-order chi connectivity index (χ0) is 12.2. The lowest BCUT2D eigenvalue weighted by molar-refractivity contribution is 0.752. The van der Waals surface area contributed by atoms with Crippen molar-refractivity contribution in [2.24, 2.45) is 0 Å². The first-order valence-electron chi connectivity index (χ1n) is 4.98. The Labute approximate surface area is 110 Å². The predicted molar refractivity (Wildman–Crippen MR) is 74.9 cm³/mol. The van der Waals surface area contributed by atoms with Crippen LogP contribution in [0.25, 0.3) is 0 Å². The minimum absolute atomic E-state index is 0.162. The molecule has 0 aliphatic rings. The molecule has 4 heteroatoms. The van der Waals surface area contributed by atoms with Gasteiger partial charge in [-0.2, -0.15) is 17.0 Å². The smallest absolute Gasteiger partial charge is 0.103 e. The molecule has 0 aliphatic carbocycles. The van der Waals surface area contributed by atoms with Gasteiger partial charge in [-0.05, 0) is 48.2 Å². The van der Waals surface area contributed by atoms with Gasteiger partial charge in [0.2, 0.25) is 0 Å². The molecule has 0 unspecified atom stereocenters. The first kappa shape index (κ1) is 13.4. The lowest BCUT2D eigenvalue weighted by Gasteiger charge is -2.23. The molecule has 0 radical (unpaired) electrons. The number of anilines is 1. The monoisotopic (exact) mass is 298 g/mol. The van der Waals surface area contributed by atoms with Crippen molar-refractivity contribution in [3.05, 3.63) is 28.2 Å². The molecule has 0 saturated heterocycles. The lowest BCUT2D eigenvalue weighted by Crippen LogP contribution is -2.26. The van der Waals surface area contributed by atoms with Gasteiger partial charge in [-0.15, -0.1) is 0 Å². The number of hydrogen-bond donors (Lipinski definition) is 1. The third-order valence-electron chi connectivity index (χ3n) is 2.38. The van der Waals surface area contributed by atoms with Gasteiger partial charge in [0.15, 0.2) is 0 Å². The van der Waals surface area contributed by atoms with E-state index in [2.05, 4.69) is 47.4 Å². The van der Waals surface area contributed by atoms with E-state index >= 15 is 0 Å². The number of rotatable bonds is 4. The number of nitriles is 1. The van der Waals surface area contributed by atoms with Crippen molar-refractivity contribution >= 4 is 33.4 Å². The number of halogens is 1. The van der Waals surface area contributed by atoms with Gasteiger partial charge in [0.25, 0.3) is 0 Å². The molecule has 0 amide bonds. The van der Waals surface area contributed by atoms with Crippen LogP contribution in [0.1, 0.15) is 19.4 Å². The molecular formula is C12H15BrN2S. The van der Waals surface area contributed by atoms with E-state index in [0.29, 0.717) is 5.56 Å². The minimum Gasteiger partial charge on any atom is -0.383 e. The summed E-state index contributed by atoms with van der Waals surface area (Å²) in [7, 11) is 0. The van der Waals surface area contributed by atoms with Crippen LogP contribution in [0.4, 0.5) is 5.69 Å². The van der Waals surface area contributed by atoms with Gasteiger partial charge in [0.1, 0.15) is 6.07 Å². The largest absolute Gasteiger partial charge is 0.383 e. The van der Waals surface area contributed by atoms with Gasteiger partial charge < -0.3 is 5.32 Å². The highest BCUT2D eigenvalue weighted by atomic mass is 79.9. The predicted octanol–water partition coefficient (Wildman–Crippen LogP) is 3.87. The van der Waals surface area contributed by atoms with Crippen molar-refractivity contribution in [2.75, 3.05) is 18.1 Å². The summed E-state index contributed by atoms with van der Waals surface area (Å²) >= 11 is 5.18. The van der Waals surface area contributed by atoms with E-state index in [4.69, 9.17) is 5.26 Å². The summed E-state index contributed by atoms with van der Waals surface area (Å²) < 4.78 is 0.997. The van der Waals surface area contributed by atoms with E-state index in [1.807, 2.05) is 18.2 Å². The zero-order valence-electron chi connectivity index (χ0n) is 9.67. The third-order valence-corrected chi connectivity index (χ3v) is 4.29. The van der Waals surface area contributed by atoms with E-state index in [-0.39, 0.29) is 4.75 Å². The Balaban J connectivity index is 2.83. The zero-order valence-corrected chi connectivity index (χ0v) is 12.1. The van der Waals surface area contributed by atoms with Crippen molar-refractivity contribution in [3.8, 4) is 6.07 Å². The van der Waals surface area contributed by atoms with E-state index in [1.54, 1.807) is 11.8 Å². The minimum atomic E-state index is 0.162. The highest BCUT2D eigenvalue weighted by molar-refractivity contribution is 9.10. The van der Waals surface area contributed by atoms with Crippen LogP contribution in [0.3, 0.4) is 0 Å².